The summed E-state index contributed by atoms with van der Waals surface area (Å²) in [7, 11) is -3.56. The van der Waals surface area contributed by atoms with Crippen LogP contribution in [0.15, 0.2) is 51.8 Å². The van der Waals surface area contributed by atoms with Crippen LogP contribution in [-0.4, -0.2) is 37.6 Å². The molecule has 0 atom stereocenters. The second-order valence-corrected chi connectivity index (χ2v) is 9.20. The van der Waals surface area contributed by atoms with Gasteiger partial charge in [-0.2, -0.15) is 4.31 Å². The van der Waals surface area contributed by atoms with Crippen molar-refractivity contribution in [3.63, 3.8) is 0 Å². The first-order valence-corrected chi connectivity index (χ1v) is 11.0. The van der Waals surface area contributed by atoms with Crippen molar-refractivity contribution in [1.82, 2.24) is 4.31 Å². The van der Waals surface area contributed by atoms with E-state index in [0.29, 0.717) is 24.1 Å². The average Bonchev–Trinajstić information content (AvgIpc) is 3.37. The van der Waals surface area contributed by atoms with Crippen LogP contribution in [0.5, 0.6) is 0 Å². The summed E-state index contributed by atoms with van der Waals surface area (Å²) in [6.07, 6.45) is 1.69. The topological polar surface area (TPSA) is 123 Å². The number of primary amides is 1. The van der Waals surface area contributed by atoms with E-state index >= 15 is 0 Å². The van der Waals surface area contributed by atoms with Crippen molar-refractivity contribution < 1.29 is 22.4 Å². The quantitative estimate of drug-likeness (QED) is 0.648. The van der Waals surface area contributed by atoms with E-state index in [2.05, 4.69) is 5.32 Å². The normalized spacial score (nSPS) is 14.8. The van der Waals surface area contributed by atoms with Crippen LogP contribution in [0.25, 0.3) is 11.0 Å². The van der Waals surface area contributed by atoms with Crippen LogP contribution >= 0.6 is 0 Å². The number of furan rings is 1. The molecule has 8 nitrogen and oxygen atoms in total. The van der Waals surface area contributed by atoms with Crippen LogP contribution < -0.4 is 11.1 Å². The molecule has 0 radical (unpaired) electrons. The number of rotatable bonds is 5. The smallest absolute Gasteiger partial charge is 0.286 e. The summed E-state index contributed by atoms with van der Waals surface area (Å²) >= 11 is 0. The van der Waals surface area contributed by atoms with E-state index in [0.717, 1.165) is 18.4 Å². The summed E-state index contributed by atoms with van der Waals surface area (Å²) < 4.78 is 32.2. The highest BCUT2D eigenvalue weighted by atomic mass is 32.2. The minimum atomic E-state index is -3.56. The number of carbonyl (C=O) groups is 2. The minimum Gasteiger partial charge on any atom is -0.449 e. The Hall–Kier alpha value is -3.17. The maximum absolute atomic E-state index is 12.8. The predicted molar refractivity (Wildman–Crippen MR) is 112 cm³/mol. The summed E-state index contributed by atoms with van der Waals surface area (Å²) in [5, 5.41) is 3.24. The van der Waals surface area contributed by atoms with E-state index < -0.39 is 21.8 Å². The van der Waals surface area contributed by atoms with E-state index in [1.165, 1.54) is 28.6 Å². The van der Waals surface area contributed by atoms with Crippen LogP contribution in [0.2, 0.25) is 0 Å². The van der Waals surface area contributed by atoms with Gasteiger partial charge < -0.3 is 15.5 Å². The van der Waals surface area contributed by atoms with Crippen LogP contribution in [0.3, 0.4) is 0 Å². The van der Waals surface area contributed by atoms with E-state index in [4.69, 9.17) is 10.2 Å². The Balaban J connectivity index is 1.62. The van der Waals surface area contributed by atoms with E-state index in [-0.39, 0.29) is 21.9 Å². The first-order valence-electron chi connectivity index (χ1n) is 9.52. The molecule has 3 aromatic rings. The Morgan fingerprint density at radius 2 is 1.73 bits per heavy atom. The number of anilines is 1. The largest absolute Gasteiger partial charge is 0.449 e. The molecule has 2 amide bonds. The number of hydrogen-bond donors (Lipinski definition) is 2. The van der Waals surface area contributed by atoms with Crippen LogP contribution in [-0.2, 0) is 10.0 Å². The third-order valence-electron chi connectivity index (χ3n) is 5.13. The zero-order valence-electron chi connectivity index (χ0n) is 16.3. The highest BCUT2D eigenvalue weighted by Gasteiger charge is 2.27. The van der Waals surface area contributed by atoms with Gasteiger partial charge in [0.15, 0.2) is 0 Å². The molecule has 0 unspecified atom stereocenters. The number of carbonyl (C=O) groups excluding carboxylic acids is 2. The van der Waals surface area contributed by atoms with Gasteiger partial charge in [-0.05, 0) is 56.2 Å². The number of nitrogens with one attached hydrogen (secondary N) is 1. The lowest BCUT2D eigenvalue weighted by molar-refractivity contribution is 0.0977. The van der Waals surface area contributed by atoms with Crippen molar-refractivity contribution in [3.8, 4) is 0 Å². The molecule has 1 aromatic heterocycles. The Kier molecular flexibility index (Phi) is 5.08. The molecule has 3 N–H and O–H groups in total. The molecule has 2 aromatic carbocycles. The number of sulfonamides is 1. The molecule has 9 heteroatoms. The third kappa shape index (κ3) is 3.57. The molecule has 1 fully saturated rings. The van der Waals surface area contributed by atoms with Crippen molar-refractivity contribution in [2.75, 3.05) is 18.4 Å². The van der Waals surface area contributed by atoms with Crippen molar-refractivity contribution in [2.45, 2.75) is 24.7 Å². The van der Waals surface area contributed by atoms with Crippen molar-refractivity contribution >= 4 is 38.5 Å². The highest BCUT2D eigenvalue weighted by molar-refractivity contribution is 7.89. The van der Waals surface area contributed by atoms with Crippen LogP contribution in [0, 0.1) is 6.92 Å². The summed E-state index contributed by atoms with van der Waals surface area (Å²) in [6.45, 7) is 2.89. The maximum atomic E-state index is 12.8. The minimum absolute atomic E-state index is 0.141. The van der Waals surface area contributed by atoms with Crippen LogP contribution in [0.4, 0.5) is 5.69 Å². The zero-order valence-corrected chi connectivity index (χ0v) is 17.2. The van der Waals surface area contributed by atoms with Gasteiger partial charge in [-0.15, -0.1) is 0 Å². The molecule has 1 saturated heterocycles. The first kappa shape index (κ1) is 20.1. The van der Waals surface area contributed by atoms with Gasteiger partial charge in [0.2, 0.25) is 15.8 Å². The standard InChI is InChI=1S/C21H21N3O5S/c1-13-4-9-17-16(12-13)18(19(29-17)20(22)25)23-21(26)14-5-7-15(8-6-14)30(27,28)24-10-2-3-11-24/h4-9,12H,2-3,10-11H2,1H3,(H2,22,25)(H,23,26). The van der Waals surface area contributed by atoms with Gasteiger partial charge in [-0.3, -0.25) is 9.59 Å². The Morgan fingerprint density at radius 1 is 1.07 bits per heavy atom. The van der Waals surface area contributed by atoms with Gasteiger partial charge in [-0.1, -0.05) is 11.6 Å². The fourth-order valence-electron chi connectivity index (χ4n) is 3.55. The molecule has 0 bridgehead atoms. The van der Waals surface area contributed by atoms with Crippen LogP contribution in [0.1, 0.15) is 39.3 Å². The fraction of sp³-hybridized carbons (Fsp3) is 0.238. The Bertz CT molecular complexity index is 1240. The van der Waals surface area contributed by atoms with Gasteiger partial charge in [0.05, 0.1) is 4.90 Å². The number of aryl methyl sites for hydroxylation is 1. The molecular formula is C21H21N3O5S. The lowest BCUT2D eigenvalue weighted by Gasteiger charge is -2.15. The lowest BCUT2D eigenvalue weighted by Crippen LogP contribution is -2.27. The summed E-state index contributed by atoms with van der Waals surface area (Å²) in [5.74, 6) is -1.45. The molecular weight excluding hydrogens is 406 g/mol. The van der Waals surface area contributed by atoms with Gasteiger partial charge in [-0.25, -0.2) is 8.42 Å². The Morgan fingerprint density at radius 3 is 2.37 bits per heavy atom. The molecule has 1 aliphatic rings. The molecule has 0 spiro atoms. The van der Waals surface area contributed by atoms with E-state index in [9.17, 15) is 18.0 Å². The molecule has 30 heavy (non-hydrogen) atoms. The number of nitrogens with two attached hydrogens (primary N) is 1. The second kappa shape index (κ2) is 7.58. The SMILES string of the molecule is Cc1ccc2oc(C(N)=O)c(NC(=O)c3ccc(S(=O)(=O)N4CCCC4)cc3)c2c1. The van der Waals surface area contributed by atoms with E-state index in [1.807, 2.05) is 13.0 Å². The van der Waals surface area contributed by atoms with Gasteiger partial charge in [0, 0.05) is 24.0 Å². The molecule has 4 rings (SSSR count). The fourth-order valence-corrected chi connectivity index (χ4v) is 5.07. The summed E-state index contributed by atoms with van der Waals surface area (Å²) in [4.78, 5) is 24.7. The molecule has 156 valence electrons. The number of hydrogen-bond acceptors (Lipinski definition) is 5. The Labute approximate surface area is 173 Å². The monoisotopic (exact) mass is 427 g/mol. The highest BCUT2D eigenvalue weighted by Crippen LogP contribution is 2.32. The predicted octanol–water partition coefficient (Wildman–Crippen LogP) is 2.88. The van der Waals surface area contributed by atoms with E-state index in [1.54, 1.807) is 12.1 Å². The number of amides is 2. The second-order valence-electron chi connectivity index (χ2n) is 7.26. The first-order chi connectivity index (χ1) is 14.3. The number of benzene rings is 2. The van der Waals surface area contributed by atoms with Gasteiger partial charge in [0.1, 0.15) is 11.3 Å². The summed E-state index contributed by atoms with van der Waals surface area (Å²) in [5.41, 5.74) is 7.19. The maximum Gasteiger partial charge on any atom is 0.286 e. The number of fused-ring (bicyclic) bond motifs is 1. The van der Waals surface area contributed by atoms with Gasteiger partial charge in [0.25, 0.3) is 11.8 Å². The lowest BCUT2D eigenvalue weighted by atomic mass is 10.1. The van der Waals surface area contributed by atoms with Crippen molar-refractivity contribution in [3.05, 3.63) is 59.4 Å². The molecule has 2 heterocycles. The zero-order chi connectivity index (χ0) is 21.5. The molecule has 0 aliphatic carbocycles. The van der Waals surface area contributed by atoms with Gasteiger partial charge >= 0.3 is 0 Å². The molecule has 0 saturated carbocycles. The van der Waals surface area contributed by atoms with Crippen molar-refractivity contribution in [2.24, 2.45) is 5.73 Å². The van der Waals surface area contributed by atoms with Crippen molar-refractivity contribution in [1.29, 1.82) is 0 Å². The average molecular weight is 427 g/mol. The molecule has 1 aliphatic heterocycles. The number of nitrogens with zero attached hydrogens (tertiary/aromatic N) is 1. The summed E-state index contributed by atoms with van der Waals surface area (Å²) in [6, 6.07) is 11.0. The third-order valence-corrected chi connectivity index (χ3v) is 7.04.